The van der Waals surface area contributed by atoms with Gasteiger partial charge < -0.3 is 10.2 Å². The fraction of sp³-hybridized carbons (Fsp3) is 0.355. The van der Waals surface area contributed by atoms with Crippen molar-refractivity contribution in [2.45, 2.75) is 58.2 Å². The maximum Gasteiger partial charge on any atom is 0.243 e. The molecule has 0 aliphatic carbocycles. The molecule has 214 valence electrons. The van der Waals surface area contributed by atoms with Crippen molar-refractivity contribution in [1.82, 2.24) is 10.2 Å². The van der Waals surface area contributed by atoms with Crippen molar-refractivity contribution in [1.29, 1.82) is 0 Å². The quantitative estimate of drug-likeness (QED) is 0.274. The molecule has 0 saturated carbocycles. The number of carbonyl (C=O) groups excluding carboxylic acids is 2. The van der Waals surface area contributed by atoms with E-state index in [0.717, 1.165) is 23.8 Å². The molecule has 3 aromatic carbocycles. The van der Waals surface area contributed by atoms with E-state index in [1.165, 1.54) is 4.31 Å². The van der Waals surface area contributed by atoms with E-state index in [9.17, 15) is 18.0 Å². The van der Waals surface area contributed by atoms with Crippen LogP contribution in [0.3, 0.4) is 0 Å². The predicted molar refractivity (Wildman–Crippen MR) is 162 cm³/mol. The zero-order chi connectivity index (χ0) is 29.1. The molecule has 0 radical (unpaired) electrons. The third kappa shape index (κ3) is 9.38. The normalized spacial score (nSPS) is 12.8. The fourth-order valence-corrected chi connectivity index (χ4v) is 5.47. The van der Waals surface area contributed by atoms with Crippen LogP contribution in [0.4, 0.5) is 5.69 Å². The molecule has 2 atom stereocenters. The van der Waals surface area contributed by atoms with Gasteiger partial charge in [0, 0.05) is 37.0 Å². The molecule has 3 rings (SSSR count). The summed E-state index contributed by atoms with van der Waals surface area (Å²) >= 11 is 6.09. The number of benzene rings is 3. The third-order valence-corrected chi connectivity index (χ3v) is 8.18. The standard InChI is InChI=1S/C31H38ClN3O4S/c1-4-24(2)33-31(37)29(22-25-12-7-5-8-13-25)34(23-26-17-19-27(32)20-18-26)30(36)16-11-21-35(40(3,38)39)28-14-9-6-10-15-28/h5-10,12-15,17-20,24,29H,4,11,16,21-23H2,1-3H3,(H,33,37). The summed E-state index contributed by atoms with van der Waals surface area (Å²) in [5, 5.41) is 3.64. The van der Waals surface area contributed by atoms with Crippen molar-refractivity contribution in [3.8, 4) is 0 Å². The van der Waals surface area contributed by atoms with Crippen LogP contribution in [0.1, 0.15) is 44.2 Å². The number of anilines is 1. The second-order valence-electron chi connectivity index (χ2n) is 9.95. The lowest BCUT2D eigenvalue weighted by molar-refractivity contribution is -0.141. The summed E-state index contributed by atoms with van der Waals surface area (Å²) in [5.74, 6) is -0.445. The highest BCUT2D eigenvalue weighted by atomic mass is 35.5. The number of nitrogens with zero attached hydrogens (tertiary/aromatic N) is 2. The Bertz CT molecular complexity index is 1340. The number of para-hydroxylation sites is 1. The van der Waals surface area contributed by atoms with Crippen molar-refractivity contribution in [2.24, 2.45) is 0 Å². The lowest BCUT2D eigenvalue weighted by atomic mass is 10.0. The predicted octanol–water partition coefficient (Wildman–Crippen LogP) is 5.44. The van der Waals surface area contributed by atoms with Gasteiger partial charge >= 0.3 is 0 Å². The van der Waals surface area contributed by atoms with E-state index in [2.05, 4.69) is 5.32 Å². The van der Waals surface area contributed by atoms with E-state index in [0.29, 0.717) is 23.6 Å². The van der Waals surface area contributed by atoms with Gasteiger partial charge in [-0.2, -0.15) is 0 Å². The minimum atomic E-state index is -3.54. The number of sulfonamides is 1. The molecule has 0 aromatic heterocycles. The maximum atomic E-state index is 13.8. The van der Waals surface area contributed by atoms with Crippen LogP contribution in [0.5, 0.6) is 0 Å². The molecule has 0 aliphatic rings. The van der Waals surface area contributed by atoms with Gasteiger partial charge in [0.05, 0.1) is 11.9 Å². The number of amides is 2. The molecule has 1 N–H and O–H groups in total. The number of hydrogen-bond donors (Lipinski definition) is 1. The molecule has 0 bridgehead atoms. The Balaban J connectivity index is 1.88. The van der Waals surface area contributed by atoms with Crippen molar-refractivity contribution < 1.29 is 18.0 Å². The summed E-state index contributed by atoms with van der Waals surface area (Å²) in [6, 6.07) is 24.8. The number of carbonyl (C=O) groups is 2. The minimum Gasteiger partial charge on any atom is -0.352 e. The molecular formula is C31H38ClN3O4S. The Morgan fingerprint density at radius 3 is 2.08 bits per heavy atom. The largest absolute Gasteiger partial charge is 0.352 e. The molecule has 3 aromatic rings. The Hall–Kier alpha value is -3.36. The average Bonchev–Trinajstić information content (AvgIpc) is 2.94. The summed E-state index contributed by atoms with van der Waals surface area (Å²) in [6.45, 7) is 4.29. The van der Waals surface area contributed by atoms with Gasteiger partial charge in [0.15, 0.2) is 0 Å². The van der Waals surface area contributed by atoms with Crippen molar-refractivity contribution >= 4 is 39.1 Å². The summed E-state index contributed by atoms with van der Waals surface area (Å²) in [4.78, 5) is 29.0. The van der Waals surface area contributed by atoms with Gasteiger partial charge in [-0.15, -0.1) is 0 Å². The topological polar surface area (TPSA) is 86.8 Å². The number of nitrogens with one attached hydrogen (secondary N) is 1. The van der Waals surface area contributed by atoms with Crippen LogP contribution in [0.25, 0.3) is 0 Å². The second-order valence-corrected chi connectivity index (χ2v) is 12.3. The molecular weight excluding hydrogens is 546 g/mol. The Morgan fingerprint density at radius 1 is 0.900 bits per heavy atom. The number of hydrogen-bond acceptors (Lipinski definition) is 4. The van der Waals surface area contributed by atoms with E-state index in [4.69, 9.17) is 11.6 Å². The highest BCUT2D eigenvalue weighted by Crippen LogP contribution is 2.20. The van der Waals surface area contributed by atoms with Crippen molar-refractivity contribution in [2.75, 3.05) is 17.1 Å². The average molecular weight is 584 g/mol. The van der Waals surface area contributed by atoms with Crippen LogP contribution >= 0.6 is 11.6 Å². The lowest BCUT2D eigenvalue weighted by Crippen LogP contribution is -2.52. The summed E-state index contributed by atoms with van der Waals surface area (Å²) in [5.41, 5.74) is 2.33. The van der Waals surface area contributed by atoms with Gasteiger partial charge in [-0.05, 0) is 55.2 Å². The van der Waals surface area contributed by atoms with Crippen LogP contribution in [-0.2, 0) is 32.6 Å². The fourth-order valence-electron chi connectivity index (χ4n) is 4.38. The molecule has 0 heterocycles. The van der Waals surface area contributed by atoms with Crippen LogP contribution < -0.4 is 9.62 Å². The number of rotatable bonds is 14. The molecule has 7 nitrogen and oxygen atoms in total. The molecule has 0 spiro atoms. The smallest absolute Gasteiger partial charge is 0.243 e. The van der Waals surface area contributed by atoms with Crippen LogP contribution in [0, 0.1) is 0 Å². The van der Waals surface area contributed by atoms with Gasteiger partial charge in [-0.25, -0.2) is 8.42 Å². The highest BCUT2D eigenvalue weighted by Gasteiger charge is 2.31. The highest BCUT2D eigenvalue weighted by molar-refractivity contribution is 7.92. The first kappa shape index (κ1) is 31.2. The summed E-state index contributed by atoms with van der Waals surface area (Å²) < 4.78 is 26.3. The first-order valence-corrected chi connectivity index (χ1v) is 15.7. The lowest BCUT2D eigenvalue weighted by Gasteiger charge is -2.32. The van der Waals surface area contributed by atoms with E-state index in [-0.39, 0.29) is 37.4 Å². The Morgan fingerprint density at radius 2 is 1.50 bits per heavy atom. The third-order valence-electron chi connectivity index (χ3n) is 6.73. The van der Waals surface area contributed by atoms with Crippen LogP contribution in [-0.4, -0.2) is 50.0 Å². The van der Waals surface area contributed by atoms with Crippen molar-refractivity contribution in [3.05, 3.63) is 101 Å². The molecule has 0 aliphatic heterocycles. The zero-order valence-electron chi connectivity index (χ0n) is 23.3. The van der Waals surface area contributed by atoms with E-state index in [1.807, 2.05) is 62.4 Å². The Labute approximate surface area is 243 Å². The van der Waals surface area contributed by atoms with Gasteiger partial charge in [-0.1, -0.05) is 79.2 Å². The van der Waals surface area contributed by atoms with Crippen LogP contribution in [0.15, 0.2) is 84.9 Å². The van der Waals surface area contributed by atoms with E-state index in [1.54, 1.807) is 41.3 Å². The van der Waals surface area contributed by atoms with E-state index >= 15 is 0 Å². The van der Waals surface area contributed by atoms with Gasteiger partial charge in [0.25, 0.3) is 0 Å². The summed E-state index contributed by atoms with van der Waals surface area (Å²) in [6.07, 6.45) is 2.64. The monoisotopic (exact) mass is 583 g/mol. The number of halogens is 1. The first-order valence-electron chi connectivity index (χ1n) is 13.5. The van der Waals surface area contributed by atoms with Crippen molar-refractivity contribution in [3.63, 3.8) is 0 Å². The SMILES string of the molecule is CCC(C)NC(=O)C(Cc1ccccc1)N(Cc1ccc(Cl)cc1)C(=O)CCCN(c1ccccc1)S(C)(=O)=O. The zero-order valence-corrected chi connectivity index (χ0v) is 24.9. The molecule has 0 saturated heterocycles. The molecule has 0 fully saturated rings. The second kappa shape index (κ2) is 14.9. The molecule has 40 heavy (non-hydrogen) atoms. The van der Waals surface area contributed by atoms with Gasteiger partial charge in [0.1, 0.15) is 6.04 Å². The molecule has 2 amide bonds. The minimum absolute atomic E-state index is 0.0487. The Kier molecular flexibility index (Phi) is 11.6. The summed E-state index contributed by atoms with van der Waals surface area (Å²) in [7, 11) is -3.54. The molecule has 9 heteroatoms. The van der Waals surface area contributed by atoms with Crippen LogP contribution in [0.2, 0.25) is 5.02 Å². The van der Waals surface area contributed by atoms with Gasteiger partial charge in [-0.3, -0.25) is 13.9 Å². The maximum absolute atomic E-state index is 13.8. The van der Waals surface area contributed by atoms with Gasteiger partial charge in [0.2, 0.25) is 21.8 Å². The first-order chi connectivity index (χ1) is 19.1. The molecule has 2 unspecified atom stereocenters. The van der Waals surface area contributed by atoms with E-state index < -0.39 is 16.1 Å².